The Balaban J connectivity index is 2.21. The van der Waals surface area contributed by atoms with E-state index in [0.29, 0.717) is 0 Å². The Labute approximate surface area is 134 Å². The molecular formula is C17H18BrClO. The van der Waals surface area contributed by atoms with Crippen LogP contribution in [0.1, 0.15) is 35.4 Å². The maximum Gasteiger partial charge on any atom is 0.133 e. The highest BCUT2D eigenvalue weighted by molar-refractivity contribution is 9.10. The first-order chi connectivity index (χ1) is 9.65. The molecule has 106 valence electrons. The minimum atomic E-state index is -0.145. The molecule has 0 saturated carbocycles. The van der Waals surface area contributed by atoms with Gasteiger partial charge in [0.2, 0.25) is 0 Å². The molecule has 20 heavy (non-hydrogen) atoms. The monoisotopic (exact) mass is 352 g/mol. The lowest BCUT2D eigenvalue weighted by molar-refractivity contribution is 0.412. The predicted molar refractivity (Wildman–Crippen MR) is 88.8 cm³/mol. The van der Waals surface area contributed by atoms with Crippen molar-refractivity contribution in [3.8, 4) is 5.75 Å². The van der Waals surface area contributed by atoms with E-state index in [0.717, 1.165) is 34.2 Å². The van der Waals surface area contributed by atoms with E-state index in [2.05, 4.69) is 47.1 Å². The van der Waals surface area contributed by atoms with Crippen LogP contribution in [-0.2, 0) is 6.42 Å². The SMILES string of the molecule is CCCc1ccc(C(Cl)c2ccc(OC)c(Br)c2)cc1. The zero-order valence-electron chi connectivity index (χ0n) is 11.7. The number of halogens is 2. The summed E-state index contributed by atoms with van der Waals surface area (Å²) in [7, 11) is 1.66. The minimum absolute atomic E-state index is 0.145. The molecule has 1 atom stereocenters. The maximum atomic E-state index is 6.57. The van der Waals surface area contributed by atoms with Crippen LogP contribution in [0.4, 0.5) is 0 Å². The van der Waals surface area contributed by atoms with Crippen molar-refractivity contribution in [1.82, 2.24) is 0 Å². The Morgan fingerprint density at radius 1 is 1.10 bits per heavy atom. The van der Waals surface area contributed by atoms with Crippen LogP contribution in [0.5, 0.6) is 5.75 Å². The fraction of sp³-hybridized carbons (Fsp3) is 0.294. The lowest BCUT2D eigenvalue weighted by Gasteiger charge is -2.13. The molecule has 0 heterocycles. The molecule has 0 aliphatic heterocycles. The summed E-state index contributed by atoms with van der Waals surface area (Å²) in [6.07, 6.45) is 2.27. The van der Waals surface area contributed by atoms with Gasteiger partial charge < -0.3 is 4.74 Å². The molecule has 0 aromatic heterocycles. The topological polar surface area (TPSA) is 9.23 Å². The number of rotatable bonds is 5. The first-order valence-electron chi connectivity index (χ1n) is 6.72. The standard InChI is InChI=1S/C17H18BrClO/c1-3-4-12-5-7-13(8-6-12)17(19)14-9-10-16(20-2)15(18)11-14/h5-11,17H,3-4H2,1-2H3. The summed E-state index contributed by atoms with van der Waals surface area (Å²) in [5, 5.41) is -0.145. The molecule has 1 unspecified atom stereocenters. The van der Waals surface area contributed by atoms with Crippen LogP contribution in [0.15, 0.2) is 46.9 Å². The van der Waals surface area contributed by atoms with Crippen molar-refractivity contribution in [3.05, 3.63) is 63.6 Å². The molecule has 0 bridgehead atoms. The van der Waals surface area contributed by atoms with E-state index in [1.165, 1.54) is 5.56 Å². The lowest BCUT2D eigenvalue weighted by Crippen LogP contribution is -1.95. The summed E-state index contributed by atoms with van der Waals surface area (Å²) in [5.74, 6) is 0.816. The van der Waals surface area contributed by atoms with Crippen molar-refractivity contribution in [3.63, 3.8) is 0 Å². The summed E-state index contributed by atoms with van der Waals surface area (Å²) in [5.41, 5.74) is 3.53. The molecule has 0 aliphatic carbocycles. The molecule has 0 amide bonds. The van der Waals surface area contributed by atoms with Crippen LogP contribution in [0, 0.1) is 0 Å². The van der Waals surface area contributed by atoms with Gasteiger partial charge in [-0.3, -0.25) is 0 Å². The second kappa shape index (κ2) is 7.14. The minimum Gasteiger partial charge on any atom is -0.496 e. The van der Waals surface area contributed by atoms with Gasteiger partial charge in [0, 0.05) is 0 Å². The van der Waals surface area contributed by atoms with Gasteiger partial charge in [-0.1, -0.05) is 43.7 Å². The molecule has 0 N–H and O–H groups in total. The third kappa shape index (κ3) is 3.56. The zero-order valence-corrected chi connectivity index (χ0v) is 14.0. The van der Waals surface area contributed by atoms with Crippen molar-refractivity contribution in [1.29, 1.82) is 0 Å². The van der Waals surface area contributed by atoms with Crippen molar-refractivity contribution >= 4 is 27.5 Å². The van der Waals surface area contributed by atoms with Crippen LogP contribution in [0.25, 0.3) is 0 Å². The van der Waals surface area contributed by atoms with Crippen molar-refractivity contribution < 1.29 is 4.74 Å². The normalized spacial score (nSPS) is 12.2. The Morgan fingerprint density at radius 2 is 1.75 bits per heavy atom. The van der Waals surface area contributed by atoms with Gasteiger partial charge in [0.05, 0.1) is 17.0 Å². The number of ether oxygens (including phenoxy) is 1. The van der Waals surface area contributed by atoms with Crippen LogP contribution >= 0.6 is 27.5 Å². The van der Waals surface area contributed by atoms with Gasteiger partial charge in [-0.2, -0.15) is 0 Å². The molecule has 0 saturated heterocycles. The molecule has 2 aromatic carbocycles. The van der Waals surface area contributed by atoms with E-state index in [4.69, 9.17) is 16.3 Å². The first-order valence-corrected chi connectivity index (χ1v) is 7.95. The molecule has 3 heteroatoms. The molecule has 0 spiro atoms. The number of benzene rings is 2. The highest BCUT2D eigenvalue weighted by atomic mass is 79.9. The highest BCUT2D eigenvalue weighted by Crippen LogP contribution is 2.34. The number of alkyl halides is 1. The van der Waals surface area contributed by atoms with E-state index < -0.39 is 0 Å². The highest BCUT2D eigenvalue weighted by Gasteiger charge is 2.12. The number of hydrogen-bond donors (Lipinski definition) is 0. The summed E-state index contributed by atoms with van der Waals surface area (Å²) in [6, 6.07) is 14.5. The zero-order chi connectivity index (χ0) is 14.5. The quantitative estimate of drug-likeness (QED) is 0.623. The summed E-state index contributed by atoms with van der Waals surface area (Å²) in [6.45, 7) is 2.19. The summed E-state index contributed by atoms with van der Waals surface area (Å²) >= 11 is 10.1. The average molecular weight is 354 g/mol. The molecule has 0 aliphatic rings. The first kappa shape index (κ1) is 15.4. The van der Waals surface area contributed by atoms with E-state index in [9.17, 15) is 0 Å². The number of hydrogen-bond acceptors (Lipinski definition) is 1. The van der Waals surface area contributed by atoms with Crippen LogP contribution in [0.2, 0.25) is 0 Å². The Morgan fingerprint density at radius 3 is 2.30 bits per heavy atom. The molecular weight excluding hydrogens is 336 g/mol. The van der Waals surface area contributed by atoms with Crippen LogP contribution in [0.3, 0.4) is 0 Å². The number of methoxy groups -OCH3 is 1. The van der Waals surface area contributed by atoms with Gasteiger partial charge in [-0.15, -0.1) is 11.6 Å². The van der Waals surface area contributed by atoms with E-state index in [1.807, 2.05) is 18.2 Å². The summed E-state index contributed by atoms with van der Waals surface area (Å²) < 4.78 is 6.16. The van der Waals surface area contributed by atoms with Gasteiger partial charge in [-0.05, 0) is 51.2 Å². The van der Waals surface area contributed by atoms with Gasteiger partial charge in [0.1, 0.15) is 5.75 Å². The number of aryl methyl sites for hydroxylation is 1. The van der Waals surface area contributed by atoms with E-state index in [1.54, 1.807) is 7.11 Å². The Kier molecular flexibility index (Phi) is 5.50. The third-order valence-corrected chi connectivity index (χ3v) is 4.40. The third-order valence-electron chi connectivity index (χ3n) is 3.28. The van der Waals surface area contributed by atoms with Crippen molar-refractivity contribution in [2.24, 2.45) is 0 Å². The molecule has 0 radical (unpaired) electrons. The van der Waals surface area contributed by atoms with Gasteiger partial charge in [-0.25, -0.2) is 0 Å². The fourth-order valence-electron chi connectivity index (χ4n) is 2.17. The van der Waals surface area contributed by atoms with E-state index >= 15 is 0 Å². The molecule has 1 nitrogen and oxygen atoms in total. The van der Waals surface area contributed by atoms with Gasteiger partial charge in [0.25, 0.3) is 0 Å². The Bertz CT molecular complexity index is 566. The van der Waals surface area contributed by atoms with Crippen LogP contribution < -0.4 is 4.74 Å². The van der Waals surface area contributed by atoms with Gasteiger partial charge >= 0.3 is 0 Å². The largest absolute Gasteiger partial charge is 0.496 e. The smallest absolute Gasteiger partial charge is 0.133 e. The Hall–Kier alpha value is -0.990. The fourth-order valence-corrected chi connectivity index (χ4v) is 3.01. The second-order valence-electron chi connectivity index (χ2n) is 4.75. The van der Waals surface area contributed by atoms with Gasteiger partial charge in [0.15, 0.2) is 0 Å². The van der Waals surface area contributed by atoms with Crippen molar-refractivity contribution in [2.75, 3.05) is 7.11 Å². The summed E-state index contributed by atoms with van der Waals surface area (Å²) in [4.78, 5) is 0. The second-order valence-corrected chi connectivity index (χ2v) is 6.04. The molecule has 2 aromatic rings. The van der Waals surface area contributed by atoms with Crippen LogP contribution in [-0.4, -0.2) is 7.11 Å². The molecule has 2 rings (SSSR count). The maximum absolute atomic E-state index is 6.57. The molecule has 0 fully saturated rings. The van der Waals surface area contributed by atoms with E-state index in [-0.39, 0.29) is 5.38 Å². The predicted octanol–water partition coefficient (Wildman–Crippen LogP) is 5.74. The van der Waals surface area contributed by atoms with Crippen molar-refractivity contribution in [2.45, 2.75) is 25.1 Å². The average Bonchev–Trinajstić information content (AvgIpc) is 2.47. The lowest BCUT2D eigenvalue weighted by atomic mass is 10.0.